The molecular formula is C25H34ClN3O4S. The predicted octanol–water partition coefficient (Wildman–Crippen LogP) is 4.00. The van der Waals surface area contributed by atoms with E-state index in [1.54, 1.807) is 43.3 Å². The number of nitrogens with zero attached hydrogens (tertiary/aromatic N) is 2. The fourth-order valence-corrected chi connectivity index (χ4v) is 4.58. The van der Waals surface area contributed by atoms with Crippen molar-refractivity contribution >= 4 is 39.1 Å². The zero-order chi connectivity index (χ0) is 25.5. The number of amides is 2. The summed E-state index contributed by atoms with van der Waals surface area (Å²) in [6, 6.07) is 13.3. The number of carbonyl (C=O) groups excluding carboxylic acids is 2. The zero-order valence-electron chi connectivity index (χ0n) is 20.4. The van der Waals surface area contributed by atoms with Gasteiger partial charge < -0.3 is 10.2 Å². The van der Waals surface area contributed by atoms with E-state index in [9.17, 15) is 18.0 Å². The maximum atomic E-state index is 13.6. The quantitative estimate of drug-likeness (QED) is 0.498. The lowest BCUT2D eigenvalue weighted by Crippen LogP contribution is -2.52. The van der Waals surface area contributed by atoms with E-state index in [4.69, 9.17) is 11.6 Å². The Morgan fingerprint density at radius 1 is 1.00 bits per heavy atom. The summed E-state index contributed by atoms with van der Waals surface area (Å²) in [5, 5.41) is 3.36. The molecule has 2 amide bonds. The number of halogens is 1. The van der Waals surface area contributed by atoms with Gasteiger partial charge in [-0.1, -0.05) is 61.8 Å². The molecule has 0 aliphatic carbocycles. The smallest absolute Gasteiger partial charge is 0.244 e. The first kappa shape index (κ1) is 27.7. The summed E-state index contributed by atoms with van der Waals surface area (Å²) in [6.07, 6.45) is 2.42. The van der Waals surface area contributed by atoms with Crippen LogP contribution >= 0.6 is 11.6 Å². The molecule has 0 heterocycles. The molecule has 0 fully saturated rings. The molecule has 0 saturated carbocycles. The number of carbonyl (C=O) groups is 2. The summed E-state index contributed by atoms with van der Waals surface area (Å²) in [6.45, 7) is 7.04. The van der Waals surface area contributed by atoms with Crippen LogP contribution < -0.4 is 9.62 Å². The second kappa shape index (κ2) is 12.2. The van der Waals surface area contributed by atoms with E-state index in [1.807, 2.05) is 32.9 Å². The second-order valence-electron chi connectivity index (χ2n) is 8.36. The molecule has 2 aromatic rings. The first-order chi connectivity index (χ1) is 16.0. The summed E-state index contributed by atoms with van der Waals surface area (Å²) >= 11 is 6.33. The number of rotatable bonds is 11. The van der Waals surface area contributed by atoms with E-state index in [1.165, 1.54) is 4.90 Å². The SMILES string of the molecule is CCc1ccccc1N(CC(=O)N(Cc1ccccc1Cl)[C@H](C)C(=O)N[C@H](C)CC)S(C)(=O)=O. The van der Waals surface area contributed by atoms with Crippen molar-refractivity contribution in [3.8, 4) is 0 Å². The van der Waals surface area contributed by atoms with Crippen molar-refractivity contribution < 1.29 is 18.0 Å². The number of nitrogens with one attached hydrogen (secondary N) is 1. The van der Waals surface area contributed by atoms with Crippen LogP contribution in [0.25, 0.3) is 0 Å². The van der Waals surface area contributed by atoms with Gasteiger partial charge in [0.1, 0.15) is 12.6 Å². The molecule has 0 aliphatic rings. The number of anilines is 1. The van der Waals surface area contributed by atoms with Gasteiger partial charge in [0.15, 0.2) is 0 Å². The van der Waals surface area contributed by atoms with Crippen LogP contribution in [-0.4, -0.2) is 50.0 Å². The largest absolute Gasteiger partial charge is 0.352 e. The van der Waals surface area contributed by atoms with Crippen molar-refractivity contribution in [2.45, 2.75) is 59.2 Å². The molecule has 0 saturated heterocycles. The second-order valence-corrected chi connectivity index (χ2v) is 10.7. The maximum Gasteiger partial charge on any atom is 0.244 e. The van der Waals surface area contributed by atoms with Gasteiger partial charge in [0.2, 0.25) is 21.8 Å². The number of para-hydroxylation sites is 1. The van der Waals surface area contributed by atoms with Crippen LogP contribution in [0.5, 0.6) is 0 Å². The molecule has 0 radical (unpaired) electrons. The number of hydrogen-bond acceptors (Lipinski definition) is 4. The van der Waals surface area contributed by atoms with Gasteiger partial charge >= 0.3 is 0 Å². The highest BCUT2D eigenvalue weighted by molar-refractivity contribution is 7.92. The van der Waals surface area contributed by atoms with Crippen LogP contribution in [0.3, 0.4) is 0 Å². The van der Waals surface area contributed by atoms with E-state index in [0.717, 1.165) is 22.5 Å². The van der Waals surface area contributed by atoms with Crippen LogP contribution in [0.15, 0.2) is 48.5 Å². The summed E-state index contributed by atoms with van der Waals surface area (Å²) < 4.78 is 26.5. The highest BCUT2D eigenvalue weighted by atomic mass is 35.5. The molecule has 7 nitrogen and oxygen atoms in total. The minimum atomic E-state index is -3.77. The Balaban J connectivity index is 2.44. The lowest BCUT2D eigenvalue weighted by Gasteiger charge is -2.32. The summed E-state index contributed by atoms with van der Waals surface area (Å²) in [5.41, 5.74) is 1.93. The Morgan fingerprint density at radius 3 is 2.15 bits per heavy atom. The van der Waals surface area contributed by atoms with E-state index in [0.29, 0.717) is 22.7 Å². The van der Waals surface area contributed by atoms with Gasteiger partial charge in [-0.05, 0) is 49.9 Å². The van der Waals surface area contributed by atoms with Crippen LogP contribution in [-0.2, 0) is 32.6 Å². The van der Waals surface area contributed by atoms with Gasteiger partial charge in [0, 0.05) is 17.6 Å². The first-order valence-electron chi connectivity index (χ1n) is 11.4. The fraction of sp³-hybridized carbons (Fsp3) is 0.440. The molecule has 2 aromatic carbocycles. The topological polar surface area (TPSA) is 86.8 Å². The lowest BCUT2D eigenvalue weighted by molar-refractivity contribution is -0.139. The Morgan fingerprint density at radius 2 is 1.59 bits per heavy atom. The van der Waals surface area contributed by atoms with Crippen LogP contribution in [0.2, 0.25) is 5.02 Å². The number of sulfonamides is 1. The Bertz CT molecular complexity index is 1110. The molecule has 186 valence electrons. The lowest BCUT2D eigenvalue weighted by atomic mass is 10.1. The molecule has 1 N–H and O–H groups in total. The van der Waals surface area contributed by atoms with Crippen molar-refractivity contribution in [1.29, 1.82) is 0 Å². The average molecular weight is 508 g/mol. The zero-order valence-corrected chi connectivity index (χ0v) is 22.0. The fourth-order valence-electron chi connectivity index (χ4n) is 3.51. The Kier molecular flexibility index (Phi) is 9.94. The molecule has 2 atom stereocenters. The normalized spacial score (nSPS) is 13.1. The monoisotopic (exact) mass is 507 g/mol. The third kappa shape index (κ3) is 7.21. The summed E-state index contributed by atoms with van der Waals surface area (Å²) in [5.74, 6) is -0.808. The van der Waals surface area contributed by atoms with E-state index >= 15 is 0 Å². The predicted molar refractivity (Wildman–Crippen MR) is 137 cm³/mol. The maximum absolute atomic E-state index is 13.6. The van der Waals surface area contributed by atoms with Crippen molar-refractivity contribution in [2.24, 2.45) is 0 Å². The molecule has 9 heteroatoms. The molecule has 34 heavy (non-hydrogen) atoms. The first-order valence-corrected chi connectivity index (χ1v) is 13.6. The van der Waals surface area contributed by atoms with Gasteiger partial charge in [0.25, 0.3) is 0 Å². The third-order valence-electron chi connectivity index (χ3n) is 5.79. The highest BCUT2D eigenvalue weighted by Gasteiger charge is 2.31. The summed E-state index contributed by atoms with van der Waals surface area (Å²) in [7, 11) is -3.77. The van der Waals surface area contributed by atoms with Gasteiger partial charge in [-0.25, -0.2) is 8.42 Å². The highest BCUT2D eigenvalue weighted by Crippen LogP contribution is 2.25. The molecule has 2 rings (SSSR count). The molecule has 0 unspecified atom stereocenters. The average Bonchev–Trinajstić information content (AvgIpc) is 2.80. The van der Waals surface area contributed by atoms with Crippen LogP contribution in [0.1, 0.15) is 45.2 Å². The van der Waals surface area contributed by atoms with Crippen molar-refractivity contribution in [3.05, 3.63) is 64.7 Å². The van der Waals surface area contributed by atoms with E-state index in [-0.39, 0.29) is 18.5 Å². The van der Waals surface area contributed by atoms with Crippen molar-refractivity contribution in [3.63, 3.8) is 0 Å². The third-order valence-corrected chi connectivity index (χ3v) is 7.28. The molecule has 0 aromatic heterocycles. The van der Waals surface area contributed by atoms with Crippen LogP contribution in [0, 0.1) is 0 Å². The molecule has 0 bridgehead atoms. The van der Waals surface area contributed by atoms with Crippen LogP contribution in [0.4, 0.5) is 5.69 Å². The Hall–Kier alpha value is -2.58. The minimum Gasteiger partial charge on any atom is -0.352 e. The number of hydrogen-bond donors (Lipinski definition) is 1. The van der Waals surface area contributed by atoms with Crippen molar-refractivity contribution in [2.75, 3.05) is 17.1 Å². The van der Waals surface area contributed by atoms with Crippen molar-refractivity contribution in [1.82, 2.24) is 10.2 Å². The molecule has 0 aliphatic heterocycles. The van der Waals surface area contributed by atoms with E-state index in [2.05, 4.69) is 5.32 Å². The minimum absolute atomic E-state index is 0.0591. The number of benzene rings is 2. The standard InChI is InChI=1S/C25H34ClN3O4S/c1-6-18(3)27-25(31)19(4)28(16-21-13-8-10-14-22(21)26)24(30)17-29(34(5,32)33)23-15-11-9-12-20(23)7-2/h8-15,18-19H,6-7,16-17H2,1-5H3,(H,27,31)/t18-,19-/m1/s1. The number of aryl methyl sites for hydroxylation is 1. The van der Waals surface area contributed by atoms with Gasteiger partial charge in [-0.15, -0.1) is 0 Å². The Labute approximate surface area is 208 Å². The summed E-state index contributed by atoms with van der Waals surface area (Å²) in [4.78, 5) is 27.9. The van der Waals surface area contributed by atoms with Gasteiger partial charge in [-0.2, -0.15) is 0 Å². The van der Waals surface area contributed by atoms with Gasteiger partial charge in [-0.3, -0.25) is 13.9 Å². The van der Waals surface area contributed by atoms with E-state index < -0.39 is 28.5 Å². The molecule has 0 spiro atoms. The molecular weight excluding hydrogens is 474 g/mol. The van der Waals surface area contributed by atoms with Gasteiger partial charge in [0.05, 0.1) is 11.9 Å².